The van der Waals surface area contributed by atoms with Crippen molar-refractivity contribution in [1.82, 2.24) is 0 Å². The SMILES string of the molecule is OC1C=C(Br)CCCC1. The van der Waals surface area contributed by atoms with Crippen LogP contribution in [0.4, 0.5) is 0 Å². The van der Waals surface area contributed by atoms with Crippen LogP contribution in [0.5, 0.6) is 0 Å². The summed E-state index contributed by atoms with van der Waals surface area (Å²) in [5.41, 5.74) is 0. The molecular formula is C7H11BrO. The monoisotopic (exact) mass is 190 g/mol. The summed E-state index contributed by atoms with van der Waals surface area (Å²) in [6.07, 6.45) is 6.06. The van der Waals surface area contributed by atoms with Crippen molar-refractivity contribution in [2.75, 3.05) is 0 Å². The van der Waals surface area contributed by atoms with Crippen LogP contribution < -0.4 is 0 Å². The van der Waals surface area contributed by atoms with Crippen molar-refractivity contribution >= 4 is 15.9 Å². The molecule has 0 aliphatic heterocycles. The predicted octanol–water partition coefficient (Wildman–Crippen LogP) is 2.20. The zero-order valence-corrected chi connectivity index (χ0v) is 6.89. The van der Waals surface area contributed by atoms with Crippen LogP contribution in [0.25, 0.3) is 0 Å². The number of rotatable bonds is 0. The van der Waals surface area contributed by atoms with Gasteiger partial charge in [0.15, 0.2) is 0 Å². The largest absolute Gasteiger partial charge is 0.389 e. The molecule has 2 heteroatoms. The third-order valence-corrected chi connectivity index (χ3v) is 2.20. The first kappa shape index (κ1) is 7.29. The lowest BCUT2D eigenvalue weighted by atomic mass is 10.2. The highest BCUT2D eigenvalue weighted by Gasteiger charge is 2.05. The molecule has 0 radical (unpaired) electrons. The summed E-state index contributed by atoms with van der Waals surface area (Å²) in [7, 11) is 0. The molecule has 0 fully saturated rings. The molecule has 1 atom stereocenters. The van der Waals surface area contributed by atoms with Crippen molar-refractivity contribution in [3.8, 4) is 0 Å². The molecule has 1 N–H and O–H groups in total. The fraction of sp³-hybridized carbons (Fsp3) is 0.714. The van der Waals surface area contributed by atoms with Crippen molar-refractivity contribution in [1.29, 1.82) is 0 Å². The summed E-state index contributed by atoms with van der Waals surface area (Å²) in [6, 6.07) is 0. The van der Waals surface area contributed by atoms with Crippen LogP contribution in [0.2, 0.25) is 0 Å². The van der Waals surface area contributed by atoms with Crippen molar-refractivity contribution in [3.63, 3.8) is 0 Å². The molecule has 0 aromatic carbocycles. The smallest absolute Gasteiger partial charge is 0.0731 e. The minimum atomic E-state index is -0.207. The molecule has 1 aliphatic carbocycles. The van der Waals surface area contributed by atoms with E-state index >= 15 is 0 Å². The fourth-order valence-electron chi connectivity index (χ4n) is 1.02. The fourth-order valence-corrected chi connectivity index (χ4v) is 1.61. The normalized spacial score (nSPS) is 29.1. The maximum Gasteiger partial charge on any atom is 0.0731 e. The van der Waals surface area contributed by atoms with E-state index in [-0.39, 0.29) is 6.10 Å². The minimum absolute atomic E-state index is 0.207. The number of hydrogen-bond donors (Lipinski definition) is 1. The number of allylic oxidation sites excluding steroid dienone is 1. The predicted molar refractivity (Wildman–Crippen MR) is 41.5 cm³/mol. The first-order valence-electron chi connectivity index (χ1n) is 3.33. The zero-order valence-electron chi connectivity index (χ0n) is 5.31. The molecule has 0 aromatic rings. The Balaban J connectivity index is 2.49. The topological polar surface area (TPSA) is 20.2 Å². The van der Waals surface area contributed by atoms with Crippen LogP contribution in [0.3, 0.4) is 0 Å². The number of aliphatic hydroxyl groups is 1. The molecule has 0 saturated carbocycles. The van der Waals surface area contributed by atoms with Gasteiger partial charge < -0.3 is 5.11 Å². The molecule has 0 bridgehead atoms. The maximum absolute atomic E-state index is 9.15. The molecular weight excluding hydrogens is 180 g/mol. The number of hydrogen-bond acceptors (Lipinski definition) is 1. The first-order chi connectivity index (χ1) is 4.29. The van der Waals surface area contributed by atoms with Gasteiger partial charge >= 0.3 is 0 Å². The lowest BCUT2D eigenvalue weighted by Crippen LogP contribution is -1.99. The molecule has 1 rings (SSSR count). The Hall–Kier alpha value is 0.180. The van der Waals surface area contributed by atoms with Crippen LogP contribution in [0.1, 0.15) is 25.7 Å². The van der Waals surface area contributed by atoms with Crippen molar-refractivity contribution in [2.45, 2.75) is 31.8 Å². The van der Waals surface area contributed by atoms with E-state index in [1.54, 1.807) is 0 Å². The van der Waals surface area contributed by atoms with Gasteiger partial charge in [-0.05, 0) is 29.8 Å². The highest BCUT2D eigenvalue weighted by Crippen LogP contribution is 2.21. The molecule has 1 aliphatic rings. The van der Waals surface area contributed by atoms with Crippen LogP contribution >= 0.6 is 15.9 Å². The Morgan fingerprint density at radius 3 is 3.11 bits per heavy atom. The van der Waals surface area contributed by atoms with Gasteiger partial charge in [0.05, 0.1) is 6.10 Å². The first-order valence-corrected chi connectivity index (χ1v) is 4.12. The average molecular weight is 191 g/mol. The third-order valence-electron chi connectivity index (χ3n) is 1.54. The Labute approximate surface area is 63.9 Å². The number of halogens is 1. The van der Waals surface area contributed by atoms with Crippen LogP contribution in [-0.2, 0) is 0 Å². The van der Waals surface area contributed by atoms with E-state index in [0.717, 1.165) is 23.7 Å². The van der Waals surface area contributed by atoms with E-state index in [9.17, 15) is 0 Å². The lowest BCUT2D eigenvalue weighted by molar-refractivity contribution is 0.211. The molecule has 52 valence electrons. The van der Waals surface area contributed by atoms with Gasteiger partial charge in [0.1, 0.15) is 0 Å². The molecule has 0 heterocycles. The second kappa shape index (κ2) is 3.37. The molecule has 0 saturated heterocycles. The van der Waals surface area contributed by atoms with Gasteiger partial charge in [-0.2, -0.15) is 0 Å². The molecule has 0 aromatic heterocycles. The molecule has 0 amide bonds. The summed E-state index contributed by atoms with van der Waals surface area (Å²) < 4.78 is 1.16. The molecule has 1 nitrogen and oxygen atoms in total. The van der Waals surface area contributed by atoms with Gasteiger partial charge in [-0.15, -0.1) is 0 Å². The third kappa shape index (κ3) is 2.50. The van der Waals surface area contributed by atoms with E-state index in [4.69, 9.17) is 5.11 Å². The van der Waals surface area contributed by atoms with Crippen molar-refractivity contribution in [3.05, 3.63) is 10.6 Å². The standard InChI is InChI=1S/C7H11BrO/c8-6-3-1-2-4-7(9)5-6/h5,7,9H,1-4H2. The van der Waals surface area contributed by atoms with E-state index in [2.05, 4.69) is 15.9 Å². The summed E-state index contributed by atoms with van der Waals surface area (Å²) in [5, 5.41) is 9.15. The van der Waals surface area contributed by atoms with Gasteiger partial charge in [0.25, 0.3) is 0 Å². The average Bonchev–Trinajstić information content (AvgIpc) is 1.93. The van der Waals surface area contributed by atoms with E-state index < -0.39 is 0 Å². The summed E-state index contributed by atoms with van der Waals surface area (Å²) >= 11 is 3.38. The highest BCUT2D eigenvalue weighted by atomic mass is 79.9. The summed E-state index contributed by atoms with van der Waals surface area (Å²) in [4.78, 5) is 0. The Morgan fingerprint density at radius 1 is 1.56 bits per heavy atom. The van der Waals surface area contributed by atoms with Crippen LogP contribution in [0.15, 0.2) is 10.6 Å². The molecule has 0 spiro atoms. The second-order valence-corrected chi connectivity index (χ2v) is 3.45. The summed E-state index contributed by atoms with van der Waals surface area (Å²) in [6.45, 7) is 0. The Bertz CT molecular complexity index is 120. The van der Waals surface area contributed by atoms with E-state index in [1.807, 2.05) is 6.08 Å². The molecule has 1 unspecified atom stereocenters. The van der Waals surface area contributed by atoms with Gasteiger partial charge in [-0.25, -0.2) is 0 Å². The van der Waals surface area contributed by atoms with Crippen LogP contribution in [-0.4, -0.2) is 11.2 Å². The van der Waals surface area contributed by atoms with E-state index in [0.29, 0.717) is 0 Å². The Kier molecular flexibility index (Phi) is 2.73. The number of aliphatic hydroxyl groups excluding tert-OH is 1. The Morgan fingerprint density at radius 2 is 2.33 bits per heavy atom. The highest BCUT2D eigenvalue weighted by molar-refractivity contribution is 9.11. The lowest BCUT2D eigenvalue weighted by Gasteiger charge is -1.98. The van der Waals surface area contributed by atoms with E-state index in [1.165, 1.54) is 6.42 Å². The van der Waals surface area contributed by atoms with Gasteiger partial charge in [-0.1, -0.05) is 22.4 Å². The van der Waals surface area contributed by atoms with Gasteiger partial charge in [-0.3, -0.25) is 0 Å². The van der Waals surface area contributed by atoms with Crippen molar-refractivity contribution in [2.24, 2.45) is 0 Å². The second-order valence-electron chi connectivity index (χ2n) is 2.43. The zero-order chi connectivity index (χ0) is 6.69. The maximum atomic E-state index is 9.15. The summed E-state index contributed by atoms with van der Waals surface area (Å²) in [5.74, 6) is 0. The van der Waals surface area contributed by atoms with Crippen molar-refractivity contribution < 1.29 is 5.11 Å². The van der Waals surface area contributed by atoms with Gasteiger partial charge in [0, 0.05) is 0 Å². The van der Waals surface area contributed by atoms with Crippen LogP contribution in [0, 0.1) is 0 Å². The molecule has 9 heavy (non-hydrogen) atoms. The van der Waals surface area contributed by atoms with Gasteiger partial charge in [0.2, 0.25) is 0 Å². The minimum Gasteiger partial charge on any atom is -0.389 e. The quantitative estimate of drug-likeness (QED) is 0.622.